The van der Waals surface area contributed by atoms with Gasteiger partial charge in [0.1, 0.15) is 5.60 Å². The van der Waals surface area contributed by atoms with E-state index in [1.165, 1.54) is 11.8 Å². The lowest BCUT2D eigenvalue weighted by Gasteiger charge is -2.27. The van der Waals surface area contributed by atoms with E-state index in [2.05, 4.69) is 5.32 Å². The van der Waals surface area contributed by atoms with Crippen molar-refractivity contribution < 1.29 is 19.4 Å². The molecule has 0 aromatic carbocycles. The Hall–Kier alpha value is -0.910. The number of thioether (sulfide) groups is 1. The summed E-state index contributed by atoms with van der Waals surface area (Å²) in [5.74, 6) is 0.132. The second-order valence-corrected chi connectivity index (χ2v) is 5.92. The van der Waals surface area contributed by atoms with Gasteiger partial charge in [-0.2, -0.15) is 11.8 Å². The van der Waals surface area contributed by atoms with Crippen molar-refractivity contribution in [1.82, 2.24) is 5.32 Å². The normalized spacial score (nSPS) is 25.2. The highest BCUT2D eigenvalue weighted by Gasteiger charge is 2.44. The SMILES string of the molecule is CC(C)(C)OC(=O)N[C@]1(C(=O)O)CCSC1. The highest BCUT2D eigenvalue weighted by molar-refractivity contribution is 7.99. The third-order valence-corrected chi connectivity index (χ3v) is 3.36. The van der Waals surface area contributed by atoms with Crippen molar-refractivity contribution in [2.75, 3.05) is 11.5 Å². The minimum atomic E-state index is -1.16. The lowest BCUT2D eigenvalue weighted by atomic mass is 10.00. The standard InChI is InChI=1S/C10H17NO4S/c1-9(2,3)15-8(14)11-10(7(12)13)4-5-16-6-10/h4-6H2,1-3H3,(H,11,14)(H,12,13)/t10-/m1/s1. The molecule has 0 bridgehead atoms. The van der Waals surface area contributed by atoms with Crippen LogP contribution in [0.5, 0.6) is 0 Å². The molecule has 1 fully saturated rings. The number of alkyl carbamates (subject to hydrolysis) is 1. The zero-order chi connectivity index (χ0) is 12.4. The number of aliphatic carboxylic acids is 1. The molecule has 0 unspecified atom stereocenters. The fourth-order valence-electron chi connectivity index (χ4n) is 1.38. The molecule has 5 nitrogen and oxygen atoms in total. The number of rotatable bonds is 2. The van der Waals surface area contributed by atoms with Gasteiger partial charge in [0.25, 0.3) is 0 Å². The van der Waals surface area contributed by atoms with Crippen molar-refractivity contribution >= 4 is 23.8 Å². The summed E-state index contributed by atoms with van der Waals surface area (Å²) in [6.45, 7) is 5.22. The van der Waals surface area contributed by atoms with Crippen LogP contribution < -0.4 is 5.32 Å². The first-order valence-electron chi connectivity index (χ1n) is 5.07. The monoisotopic (exact) mass is 247 g/mol. The summed E-state index contributed by atoms with van der Waals surface area (Å²) >= 11 is 1.52. The molecule has 1 saturated heterocycles. The van der Waals surface area contributed by atoms with Crippen LogP contribution in [0, 0.1) is 0 Å². The van der Waals surface area contributed by atoms with Gasteiger partial charge in [-0.05, 0) is 32.9 Å². The van der Waals surface area contributed by atoms with Gasteiger partial charge in [-0.15, -0.1) is 0 Å². The predicted octanol–water partition coefficient (Wildman–Crippen LogP) is 1.47. The van der Waals surface area contributed by atoms with Gasteiger partial charge in [-0.1, -0.05) is 0 Å². The molecule has 0 saturated carbocycles. The van der Waals surface area contributed by atoms with Crippen molar-refractivity contribution in [1.29, 1.82) is 0 Å². The summed E-state index contributed by atoms with van der Waals surface area (Å²) in [4.78, 5) is 22.7. The molecule has 1 heterocycles. The molecule has 6 heteroatoms. The van der Waals surface area contributed by atoms with Crippen LogP contribution in [-0.4, -0.2) is 39.8 Å². The minimum absolute atomic E-state index is 0.390. The zero-order valence-electron chi connectivity index (χ0n) is 9.70. The van der Waals surface area contributed by atoms with E-state index in [0.29, 0.717) is 12.2 Å². The maximum atomic E-state index is 11.5. The van der Waals surface area contributed by atoms with Crippen LogP contribution in [0.25, 0.3) is 0 Å². The average molecular weight is 247 g/mol. The molecular formula is C10H17NO4S. The number of nitrogens with one attached hydrogen (secondary N) is 1. The molecule has 0 aromatic heterocycles. The Bertz CT molecular complexity index is 292. The summed E-state index contributed by atoms with van der Waals surface area (Å²) in [6.07, 6.45) is -0.232. The van der Waals surface area contributed by atoms with Gasteiger partial charge < -0.3 is 15.2 Å². The number of carbonyl (C=O) groups excluding carboxylic acids is 1. The van der Waals surface area contributed by atoms with Crippen LogP contribution in [0.2, 0.25) is 0 Å². The molecule has 0 aliphatic carbocycles. The Balaban J connectivity index is 2.63. The summed E-state index contributed by atoms with van der Waals surface area (Å²) < 4.78 is 5.05. The van der Waals surface area contributed by atoms with Crippen LogP contribution >= 0.6 is 11.8 Å². The third-order valence-electron chi connectivity index (χ3n) is 2.17. The second kappa shape index (κ2) is 4.53. The van der Waals surface area contributed by atoms with Gasteiger partial charge in [0, 0.05) is 5.75 Å². The Morgan fingerprint density at radius 2 is 2.06 bits per heavy atom. The van der Waals surface area contributed by atoms with Crippen LogP contribution in [0.3, 0.4) is 0 Å². The molecule has 2 N–H and O–H groups in total. The molecule has 1 atom stereocenters. The summed E-state index contributed by atoms with van der Waals surface area (Å²) in [7, 11) is 0. The van der Waals surface area contributed by atoms with E-state index >= 15 is 0 Å². The van der Waals surface area contributed by atoms with Crippen LogP contribution in [0.1, 0.15) is 27.2 Å². The van der Waals surface area contributed by atoms with Gasteiger partial charge in [0.05, 0.1) is 0 Å². The van der Waals surface area contributed by atoms with Crippen molar-refractivity contribution in [3.05, 3.63) is 0 Å². The van der Waals surface area contributed by atoms with Crippen LogP contribution in [-0.2, 0) is 9.53 Å². The summed E-state index contributed by atoms with van der Waals surface area (Å²) in [5.41, 5.74) is -1.78. The molecule has 92 valence electrons. The van der Waals surface area contributed by atoms with Gasteiger partial charge in [-0.3, -0.25) is 0 Å². The van der Waals surface area contributed by atoms with E-state index in [1.54, 1.807) is 20.8 Å². The molecule has 0 radical (unpaired) electrons. The second-order valence-electron chi connectivity index (χ2n) is 4.82. The maximum Gasteiger partial charge on any atom is 0.408 e. The number of amides is 1. The molecule has 0 aromatic rings. The molecule has 1 aliphatic rings. The van der Waals surface area contributed by atoms with Gasteiger partial charge >= 0.3 is 12.1 Å². The number of hydrogen-bond acceptors (Lipinski definition) is 4. The molecule has 1 amide bonds. The first kappa shape index (κ1) is 13.2. The molecule has 16 heavy (non-hydrogen) atoms. The quantitative estimate of drug-likeness (QED) is 0.773. The van der Waals surface area contributed by atoms with E-state index in [9.17, 15) is 9.59 Å². The molecular weight excluding hydrogens is 230 g/mol. The van der Waals surface area contributed by atoms with E-state index in [0.717, 1.165) is 5.75 Å². The fraction of sp³-hybridized carbons (Fsp3) is 0.800. The minimum Gasteiger partial charge on any atom is -0.479 e. The van der Waals surface area contributed by atoms with Crippen LogP contribution in [0.15, 0.2) is 0 Å². The fourth-order valence-corrected chi connectivity index (χ4v) is 2.71. The highest BCUT2D eigenvalue weighted by atomic mass is 32.2. The van der Waals surface area contributed by atoms with E-state index in [1.807, 2.05) is 0 Å². The number of carboxylic acid groups (broad SMARTS) is 1. The maximum absolute atomic E-state index is 11.5. The highest BCUT2D eigenvalue weighted by Crippen LogP contribution is 2.28. The average Bonchev–Trinajstić information content (AvgIpc) is 2.49. The molecule has 1 rings (SSSR count). The van der Waals surface area contributed by atoms with E-state index < -0.39 is 23.2 Å². The Morgan fingerprint density at radius 3 is 2.44 bits per heavy atom. The predicted molar refractivity (Wildman–Crippen MR) is 61.7 cm³/mol. The Labute approximate surface area is 98.9 Å². The molecule has 0 spiro atoms. The van der Waals surface area contributed by atoms with Crippen LogP contribution in [0.4, 0.5) is 4.79 Å². The summed E-state index contributed by atoms with van der Waals surface area (Å²) in [6, 6.07) is 0. The molecule has 1 aliphatic heterocycles. The van der Waals surface area contributed by atoms with Crippen molar-refractivity contribution in [2.45, 2.75) is 38.3 Å². The van der Waals surface area contributed by atoms with Gasteiger partial charge in [0.2, 0.25) is 0 Å². The number of ether oxygens (including phenoxy) is 1. The van der Waals surface area contributed by atoms with Gasteiger partial charge in [0.15, 0.2) is 5.54 Å². The van der Waals surface area contributed by atoms with Gasteiger partial charge in [-0.25, -0.2) is 9.59 Å². The lowest BCUT2D eigenvalue weighted by molar-refractivity contribution is -0.143. The van der Waals surface area contributed by atoms with Crippen molar-refractivity contribution in [3.63, 3.8) is 0 Å². The third kappa shape index (κ3) is 3.30. The largest absolute Gasteiger partial charge is 0.479 e. The number of carboxylic acids is 1. The summed E-state index contributed by atoms with van der Waals surface area (Å²) in [5, 5.41) is 11.6. The zero-order valence-corrected chi connectivity index (χ0v) is 10.5. The Morgan fingerprint density at radius 1 is 1.44 bits per heavy atom. The van der Waals surface area contributed by atoms with E-state index in [-0.39, 0.29) is 0 Å². The topological polar surface area (TPSA) is 75.6 Å². The smallest absolute Gasteiger partial charge is 0.408 e. The first-order chi connectivity index (χ1) is 7.25. The first-order valence-corrected chi connectivity index (χ1v) is 6.23. The van der Waals surface area contributed by atoms with E-state index in [4.69, 9.17) is 9.84 Å². The van der Waals surface area contributed by atoms with Crippen molar-refractivity contribution in [3.8, 4) is 0 Å². The number of carbonyl (C=O) groups is 2. The number of hydrogen-bond donors (Lipinski definition) is 2. The lowest BCUT2D eigenvalue weighted by Crippen LogP contribution is -2.55. The van der Waals surface area contributed by atoms with Crippen molar-refractivity contribution in [2.24, 2.45) is 0 Å². The Kier molecular flexibility index (Phi) is 3.72.